The predicted octanol–water partition coefficient (Wildman–Crippen LogP) is -0.708. The molecule has 0 aliphatic rings. The van der Waals surface area contributed by atoms with Gasteiger partial charge in [-0.15, -0.1) is 0 Å². The molecule has 0 saturated carbocycles. The highest BCUT2D eigenvalue weighted by Crippen LogP contribution is 2.40. The molecule has 0 aromatic carbocycles. The van der Waals surface area contributed by atoms with Gasteiger partial charge in [0.2, 0.25) is 5.91 Å². The molecule has 0 aromatic rings. The molecular weight excluding hydrogens is 251 g/mol. The van der Waals surface area contributed by atoms with E-state index >= 15 is 0 Å². The minimum Gasteiger partial charge on any atom is -0.379 e. The van der Waals surface area contributed by atoms with Crippen LogP contribution >= 0.6 is 7.60 Å². The molecule has 0 aliphatic heterocycles. The van der Waals surface area contributed by atoms with Gasteiger partial charge in [-0.2, -0.15) is 0 Å². The summed E-state index contributed by atoms with van der Waals surface area (Å²) in [6.45, 7) is 4.20. The van der Waals surface area contributed by atoms with Crippen LogP contribution in [0.25, 0.3) is 0 Å². The molecule has 2 atom stereocenters. The van der Waals surface area contributed by atoms with Crippen molar-refractivity contribution in [2.45, 2.75) is 32.7 Å². The van der Waals surface area contributed by atoms with Crippen LogP contribution in [0.5, 0.6) is 0 Å². The fourth-order valence-electron chi connectivity index (χ4n) is 1.00. The van der Waals surface area contributed by atoms with Crippen LogP contribution in [0.2, 0.25) is 0 Å². The molecule has 0 aromatic heterocycles. The van der Waals surface area contributed by atoms with E-state index in [1.807, 2.05) is 0 Å². The largest absolute Gasteiger partial charge is 0.379 e. The molecule has 0 bridgehead atoms. The van der Waals surface area contributed by atoms with Crippen LogP contribution in [0.3, 0.4) is 0 Å². The maximum atomic E-state index is 11.2. The van der Waals surface area contributed by atoms with Gasteiger partial charge in [0.25, 0.3) is 0 Å². The number of rotatable bonds is 6. The molecule has 2 unspecified atom stereocenters. The molecule has 0 rings (SSSR count). The van der Waals surface area contributed by atoms with Crippen molar-refractivity contribution >= 4 is 13.5 Å². The number of carbonyl (C=O) groups excluding carboxylic acids is 1. The van der Waals surface area contributed by atoms with Crippen LogP contribution in [0.4, 0.5) is 0 Å². The van der Waals surface area contributed by atoms with Crippen LogP contribution in [0, 0.1) is 5.92 Å². The van der Waals surface area contributed by atoms with Crippen LogP contribution in [-0.4, -0.2) is 49.6 Å². The summed E-state index contributed by atoms with van der Waals surface area (Å²) in [6, 6.07) is -0.967. The Balaban J connectivity index is 4.21. The molecule has 0 aliphatic carbocycles. The monoisotopic (exact) mass is 270 g/mol. The van der Waals surface area contributed by atoms with E-state index in [2.05, 4.69) is 5.32 Å². The summed E-state index contributed by atoms with van der Waals surface area (Å²) < 4.78 is 10.7. The van der Waals surface area contributed by atoms with Crippen molar-refractivity contribution in [1.29, 1.82) is 0 Å². The Morgan fingerprint density at radius 1 is 1.35 bits per heavy atom. The van der Waals surface area contributed by atoms with E-state index in [4.69, 9.17) is 9.79 Å². The molecule has 0 saturated heterocycles. The maximum Gasteiger partial charge on any atom is 0.355 e. The summed E-state index contributed by atoms with van der Waals surface area (Å²) in [7, 11) is -4.61. The SMILES string of the molecule is CC(C)C(=O)N(O)CNC(C)C(O)P(=O)(O)O. The number of aliphatic hydroxyl groups excluding tert-OH is 1. The first-order valence-electron chi connectivity index (χ1n) is 5.04. The van der Waals surface area contributed by atoms with Gasteiger partial charge in [0.1, 0.15) is 0 Å². The van der Waals surface area contributed by atoms with Crippen molar-refractivity contribution in [3.05, 3.63) is 0 Å². The van der Waals surface area contributed by atoms with Gasteiger partial charge in [-0.05, 0) is 6.92 Å². The summed E-state index contributed by atoms with van der Waals surface area (Å²) in [6.07, 6.45) is 0. The molecule has 102 valence electrons. The van der Waals surface area contributed by atoms with Crippen molar-refractivity contribution in [2.75, 3.05) is 6.67 Å². The minimum absolute atomic E-state index is 0.324. The van der Waals surface area contributed by atoms with E-state index in [-0.39, 0.29) is 6.67 Å². The van der Waals surface area contributed by atoms with Gasteiger partial charge in [-0.1, -0.05) is 13.8 Å². The lowest BCUT2D eigenvalue weighted by atomic mass is 10.2. The second-order valence-corrected chi connectivity index (χ2v) is 5.75. The van der Waals surface area contributed by atoms with Crippen LogP contribution < -0.4 is 5.32 Å². The van der Waals surface area contributed by atoms with E-state index < -0.39 is 31.3 Å². The summed E-state index contributed by atoms with van der Waals surface area (Å²) >= 11 is 0. The highest BCUT2D eigenvalue weighted by Gasteiger charge is 2.31. The van der Waals surface area contributed by atoms with Gasteiger partial charge < -0.3 is 14.9 Å². The summed E-state index contributed by atoms with van der Waals surface area (Å²) in [5.74, 6) is -2.82. The number of nitrogens with zero attached hydrogens (tertiary/aromatic N) is 1. The second kappa shape index (κ2) is 6.44. The van der Waals surface area contributed by atoms with Crippen molar-refractivity contribution in [1.82, 2.24) is 10.4 Å². The quantitative estimate of drug-likeness (QED) is 0.186. The molecule has 0 fully saturated rings. The standard InChI is InChI=1S/C8H19N2O6P/c1-5(2)7(11)10(13)4-9-6(3)8(12)17(14,15)16/h5-6,8-9,12-13H,4H2,1-3H3,(H2,14,15,16). The van der Waals surface area contributed by atoms with Gasteiger partial charge in [-0.25, -0.2) is 5.06 Å². The Morgan fingerprint density at radius 3 is 2.18 bits per heavy atom. The number of carbonyl (C=O) groups is 1. The summed E-state index contributed by atoms with van der Waals surface area (Å²) in [5.41, 5.74) is 0. The Morgan fingerprint density at radius 2 is 1.82 bits per heavy atom. The van der Waals surface area contributed by atoms with Crippen molar-refractivity contribution < 1.29 is 29.5 Å². The van der Waals surface area contributed by atoms with E-state index in [1.165, 1.54) is 6.92 Å². The molecule has 0 heterocycles. The average Bonchev–Trinajstić information content (AvgIpc) is 2.21. The fourth-order valence-corrected chi connectivity index (χ4v) is 1.69. The molecule has 0 radical (unpaired) electrons. The number of hydroxylamine groups is 2. The molecule has 8 nitrogen and oxygen atoms in total. The summed E-state index contributed by atoms with van der Waals surface area (Å²) in [4.78, 5) is 28.6. The topological polar surface area (TPSA) is 130 Å². The maximum absolute atomic E-state index is 11.2. The normalized spacial score (nSPS) is 15.8. The van der Waals surface area contributed by atoms with Gasteiger partial charge in [0, 0.05) is 12.0 Å². The molecule has 9 heteroatoms. The number of amides is 1. The Hall–Kier alpha value is -0.500. The molecule has 5 N–H and O–H groups in total. The first-order valence-corrected chi connectivity index (χ1v) is 6.72. The Labute approximate surface area is 99.4 Å². The zero-order valence-electron chi connectivity index (χ0n) is 9.94. The lowest BCUT2D eigenvalue weighted by Crippen LogP contribution is -2.45. The second-order valence-electron chi connectivity index (χ2n) is 4.05. The third-order valence-corrected chi connectivity index (χ3v) is 3.24. The van der Waals surface area contributed by atoms with E-state index in [0.717, 1.165) is 0 Å². The predicted molar refractivity (Wildman–Crippen MR) is 59.0 cm³/mol. The molecular formula is C8H19N2O6P. The first kappa shape index (κ1) is 16.5. The van der Waals surface area contributed by atoms with Gasteiger partial charge in [0.15, 0.2) is 5.85 Å². The van der Waals surface area contributed by atoms with Gasteiger partial charge in [0.05, 0.1) is 6.67 Å². The van der Waals surface area contributed by atoms with Crippen LogP contribution in [0.1, 0.15) is 20.8 Å². The van der Waals surface area contributed by atoms with Crippen molar-refractivity contribution in [2.24, 2.45) is 5.92 Å². The zero-order chi connectivity index (χ0) is 13.8. The number of hydrogen-bond acceptors (Lipinski definition) is 5. The van der Waals surface area contributed by atoms with Gasteiger partial charge >= 0.3 is 7.60 Å². The Kier molecular flexibility index (Phi) is 6.25. The van der Waals surface area contributed by atoms with Gasteiger partial charge in [-0.3, -0.25) is 19.9 Å². The van der Waals surface area contributed by atoms with E-state index in [0.29, 0.717) is 5.06 Å². The van der Waals surface area contributed by atoms with E-state index in [1.54, 1.807) is 13.8 Å². The third kappa shape index (κ3) is 5.58. The highest BCUT2D eigenvalue weighted by atomic mass is 31.2. The third-order valence-electron chi connectivity index (χ3n) is 2.10. The average molecular weight is 270 g/mol. The number of aliphatic hydroxyl groups is 1. The minimum atomic E-state index is -4.61. The van der Waals surface area contributed by atoms with Crippen LogP contribution in [0.15, 0.2) is 0 Å². The first-order chi connectivity index (χ1) is 7.57. The smallest absolute Gasteiger partial charge is 0.355 e. The van der Waals surface area contributed by atoms with Crippen LogP contribution in [-0.2, 0) is 9.36 Å². The van der Waals surface area contributed by atoms with E-state index in [9.17, 15) is 19.7 Å². The zero-order valence-corrected chi connectivity index (χ0v) is 10.8. The fraction of sp³-hybridized carbons (Fsp3) is 0.875. The molecule has 17 heavy (non-hydrogen) atoms. The lowest BCUT2D eigenvalue weighted by Gasteiger charge is -2.24. The lowest BCUT2D eigenvalue weighted by molar-refractivity contribution is -0.171. The molecule has 1 amide bonds. The van der Waals surface area contributed by atoms with Crippen molar-refractivity contribution in [3.63, 3.8) is 0 Å². The number of hydrogen-bond donors (Lipinski definition) is 5. The number of nitrogens with one attached hydrogen (secondary N) is 1. The highest BCUT2D eigenvalue weighted by molar-refractivity contribution is 7.52. The Bertz CT molecular complexity index is 304. The van der Waals surface area contributed by atoms with Crippen molar-refractivity contribution in [3.8, 4) is 0 Å². The summed E-state index contributed by atoms with van der Waals surface area (Å²) in [5, 5.41) is 21.3. The molecule has 0 spiro atoms.